The second-order valence-electron chi connectivity index (χ2n) is 3.77. The highest BCUT2D eigenvalue weighted by Crippen LogP contribution is 2.21. The molecular formula is C10H12ClF2NO. The van der Waals surface area contributed by atoms with E-state index in [0.717, 1.165) is 6.07 Å². The van der Waals surface area contributed by atoms with Gasteiger partial charge in [0.2, 0.25) is 0 Å². The molecule has 1 saturated heterocycles. The number of nitrogens with two attached hydrogens (primary N) is 1. The summed E-state index contributed by atoms with van der Waals surface area (Å²) < 4.78 is 30.7. The molecule has 0 unspecified atom stereocenters. The van der Waals surface area contributed by atoms with E-state index in [1.165, 1.54) is 12.1 Å². The summed E-state index contributed by atoms with van der Waals surface area (Å²) >= 11 is 0. The van der Waals surface area contributed by atoms with Crippen LogP contribution in [0.3, 0.4) is 0 Å². The fourth-order valence-electron chi connectivity index (χ4n) is 1.51. The minimum Gasteiger partial charge on any atom is -0.377 e. The lowest BCUT2D eigenvalue weighted by molar-refractivity contribution is -0.0532. The van der Waals surface area contributed by atoms with Crippen LogP contribution >= 0.6 is 12.4 Å². The summed E-state index contributed by atoms with van der Waals surface area (Å²) in [4.78, 5) is 0. The molecule has 1 aliphatic rings. The topological polar surface area (TPSA) is 35.2 Å². The Labute approximate surface area is 92.8 Å². The lowest BCUT2D eigenvalue weighted by Crippen LogP contribution is -2.59. The van der Waals surface area contributed by atoms with Gasteiger partial charge in [0, 0.05) is 6.07 Å². The summed E-state index contributed by atoms with van der Waals surface area (Å²) in [5.74, 6) is -1.11. The minimum absolute atomic E-state index is 0. The Hall–Kier alpha value is -0.710. The summed E-state index contributed by atoms with van der Waals surface area (Å²) in [5, 5.41) is 0. The van der Waals surface area contributed by atoms with Crippen LogP contribution in [0.5, 0.6) is 0 Å². The quantitative estimate of drug-likeness (QED) is 0.846. The number of hydrogen-bond acceptors (Lipinski definition) is 2. The van der Waals surface area contributed by atoms with Crippen LogP contribution < -0.4 is 5.73 Å². The molecule has 0 bridgehead atoms. The van der Waals surface area contributed by atoms with Crippen LogP contribution in [-0.4, -0.2) is 18.8 Å². The van der Waals surface area contributed by atoms with Gasteiger partial charge in [-0.05, 0) is 18.1 Å². The fraction of sp³-hybridized carbons (Fsp3) is 0.400. The molecular weight excluding hydrogens is 224 g/mol. The third-order valence-electron chi connectivity index (χ3n) is 2.34. The van der Waals surface area contributed by atoms with Gasteiger partial charge in [-0.3, -0.25) is 0 Å². The Morgan fingerprint density at radius 3 is 2.47 bits per heavy atom. The van der Waals surface area contributed by atoms with Crippen molar-refractivity contribution < 1.29 is 13.5 Å². The number of hydrogen-bond donors (Lipinski definition) is 1. The molecule has 5 heteroatoms. The van der Waals surface area contributed by atoms with E-state index in [9.17, 15) is 8.78 Å². The molecule has 0 saturated carbocycles. The van der Waals surface area contributed by atoms with Crippen molar-refractivity contribution in [3.63, 3.8) is 0 Å². The van der Waals surface area contributed by atoms with Crippen molar-refractivity contribution in [2.45, 2.75) is 12.0 Å². The molecule has 0 spiro atoms. The summed E-state index contributed by atoms with van der Waals surface area (Å²) in [6.45, 7) is 0.869. The number of benzene rings is 1. The summed E-state index contributed by atoms with van der Waals surface area (Å²) in [6.07, 6.45) is 0.388. The maximum atomic E-state index is 13.2. The first kappa shape index (κ1) is 12.4. The molecule has 84 valence electrons. The molecule has 2 nitrogen and oxygen atoms in total. The van der Waals surface area contributed by atoms with E-state index >= 15 is 0 Å². The van der Waals surface area contributed by atoms with Gasteiger partial charge in [0.1, 0.15) is 11.6 Å². The first-order valence-corrected chi connectivity index (χ1v) is 4.40. The molecule has 2 N–H and O–H groups in total. The third-order valence-corrected chi connectivity index (χ3v) is 2.34. The fourth-order valence-corrected chi connectivity index (χ4v) is 1.51. The van der Waals surface area contributed by atoms with E-state index < -0.39 is 17.2 Å². The van der Waals surface area contributed by atoms with Crippen molar-refractivity contribution in [2.75, 3.05) is 13.2 Å². The highest BCUT2D eigenvalue weighted by Gasteiger charge is 2.34. The highest BCUT2D eigenvalue weighted by molar-refractivity contribution is 5.85. The normalized spacial score (nSPS) is 17.8. The Morgan fingerprint density at radius 1 is 1.33 bits per heavy atom. The van der Waals surface area contributed by atoms with Gasteiger partial charge in [-0.25, -0.2) is 8.78 Å². The van der Waals surface area contributed by atoms with Crippen molar-refractivity contribution in [3.05, 3.63) is 35.4 Å². The highest BCUT2D eigenvalue weighted by atomic mass is 35.5. The molecule has 1 fully saturated rings. The maximum absolute atomic E-state index is 13.2. The number of halogens is 3. The van der Waals surface area contributed by atoms with Gasteiger partial charge in [-0.1, -0.05) is 6.07 Å². The number of rotatable bonds is 2. The van der Waals surface area contributed by atoms with Crippen LogP contribution in [0, 0.1) is 11.6 Å². The third kappa shape index (κ3) is 2.65. The van der Waals surface area contributed by atoms with Crippen molar-refractivity contribution in [1.82, 2.24) is 0 Å². The Bertz CT molecular complexity index is 355. The van der Waals surface area contributed by atoms with Crippen LogP contribution in [0.25, 0.3) is 0 Å². The average Bonchev–Trinajstić information content (AvgIpc) is 2.07. The molecule has 1 heterocycles. The molecule has 1 aromatic rings. The van der Waals surface area contributed by atoms with Gasteiger partial charge in [0.15, 0.2) is 0 Å². The Morgan fingerprint density at radius 2 is 2.00 bits per heavy atom. The van der Waals surface area contributed by atoms with Gasteiger partial charge in [-0.2, -0.15) is 0 Å². The van der Waals surface area contributed by atoms with Gasteiger partial charge >= 0.3 is 0 Å². The van der Waals surface area contributed by atoms with Crippen molar-refractivity contribution >= 4 is 12.4 Å². The van der Waals surface area contributed by atoms with E-state index in [-0.39, 0.29) is 12.4 Å². The predicted molar refractivity (Wildman–Crippen MR) is 55.0 cm³/mol. The monoisotopic (exact) mass is 235 g/mol. The van der Waals surface area contributed by atoms with Crippen molar-refractivity contribution in [3.8, 4) is 0 Å². The zero-order valence-electron chi connectivity index (χ0n) is 8.00. The van der Waals surface area contributed by atoms with Gasteiger partial charge in [0.25, 0.3) is 0 Å². The standard InChI is InChI=1S/C10H11F2NO.ClH/c11-8-2-1-7(9(12)3-8)4-10(13)5-14-6-10;/h1-3H,4-6,13H2;1H. The first-order valence-electron chi connectivity index (χ1n) is 4.40. The van der Waals surface area contributed by atoms with Crippen LogP contribution in [-0.2, 0) is 11.2 Å². The minimum atomic E-state index is -0.567. The van der Waals surface area contributed by atoms with E-state index in [1.54, 1.807) is 0 Å². The van der Waals surface area contributed by atoms with E-state index in [4.69, 9.17) is 10.5 Å². The van der Waals surface area contributed by atoms with Gasteiger partial charge < -0.3 is 10.5 Å². The zero-order chi connectivity index (χ0) is 10.2. The van der Waals surface area contributed by atoms with E-state index in [2.05, 4.69) is 0 Å². The smallest absolute Gasteiger partial charge is 0.129 e. The van der Waals surface area contributed by atoms with Crippen LogP contribution in [0.1, 0.15) is 5.56 Å². The summed E-state index contributed by atoms with van der Waals surface area (Å²) in [6, 6.07) is 3.54. The number of ether oxygens (including phenoxy) is 1. The molecule has 1 aromatic carbocycles. The predicted octanol–water partition coefficient (Wildman–Crippen LogP) is 1.66. The average molecular weight is 236 g/mol. The maximum Gasteiger partial charge on any atom is 0.129 e. The largest absolute Gasteiger partial charge is 0.377 e. The summed E-state index contributed by atoms with van der Waals surface area (Å²) in [7, 11) is 0. The second-order valence-corrected chi connectivity index (χ2v) is 3.77. The Kier molecular flexibility index (Phi) is 3.65. The van der Waals surface area contributed by atoms with Crippen LogP contribution in [0.2, 0.25) is 0 Å². The van der Waals surface area contributed by atoms with Gasteiger partial charge in [-0.15, -0.1) is 12.4 Å². The Balaban J connectivity index is 0.00000112. The molecule has 0 aliphatic carbocycles. The summed E-state index contributed by atoms with van der Waals surface area (Å²) in [5.41, 5.74) is 5.82. The molecule has 0 radical (unpaired) electrons. The molecule has 2 rings (SSSR count). The van der Waals surface area contributed by atoms with Crippen LogP contribution in [0.15, 0.2) is 18.2 Å². The lowest BCUT2D eigenvalue weighted by atomic mass is 9.90. The molecule has 0 aromatic heterocycles. The zero-order valence-corrected chi connectivity index (χ0v) is 8.82. The SMILES string of the molecule is Cl.NC1(Cc2ccc(F)cc2F)COC1. The lowest BCUT2D eigenvalue weighted by Gasteiger charge is -2.37. The second kappa shape index (κ2) is 4.43. The first-order chi connectivity index (χ1) is 6.59. The molecule has 0 amide bonds. The van der Waals surface area contributed by atoms with Crippen molar-refractivity contribution in [2.24, 2.45) is 5.73 Å². The van der Waals surface area contributed by atoms with E-state index in [1.807, 2.05) is 0 Å². The van der Waals surface area contributed by atoms with Crippen LogP contribution in [0.4, 0.5) is 8.78 Å². The van der Waals surface area contributed by atoms with Gasteiger partial charge in [0.05, 0.1) is 18.8 Å². The molecule has 1 aliphatic heterocycles. The van der Waals surface area contributed by atoms with Crippen molar-refractivity contribution in [1.29, 1.82) is 0 Å². The molecule has 15 heavy (non-hydrogen) atoms. The molecule has 0 atom stereocenters. The van der Waals surface area contributed by atoms with E-state index in [0.29, 0.717) is 25.2 Å².